The van der Waals surface area contributed by atoms with Crippen molar-refractivity contribution in [2.75, 3.05) is 75.0 Å². The van der Waals surface area contributed by atoms with Crippen LogP contribution < -0.4 is 21.3 Å². The summed E-state index contributed by atoms with van der Waals surface area (Å²) in [7, 11) is 8.72. The second-order valence-electron chi connectivity index (χ2n) is 27.1. The van der Waals surface area contributed by atoms with E-state index < -0.39 is 138 Å². The first-order chi connectivity index (χ1) is 43.3. The summed E-state index contributed by atoms with van der Waals surface area (Å²) < 4.78 is 41.1. The molecule has 0 aromatic heterocycles. The maximum absolute atomic E-state index is 14.7. The lowest BCUT2D eigenvalue weighted by Crippen LogP contribution is -2.57. The molecular formula is C66H103ClF3N11O11. The van der Waals surface area contributed by atoms with Crippen molar-refractivity contribution in [2.24, 2.45) is 23.7 Å². The summed E-state index contributed by atoms with van der Waals surface area (Å²) in [6.45, 7) is 7.78. The highest BCUT2D eigenvalue weighted by Crippen LogP contribution is 2.36. The van der Waals surface area contributed by atoms with Gasteiger partial charge in [0.15, 0.2) is 0 Å². The van der Waals surface area contributed by atoms with Crippen molar-refractivity contribution in [3.8, 4) is 0 Å². The zero-order valence-electron chi connectivity index (χ0n) is 56.1. The lowest BCUT2D eigenvalue weighted by atomic mass is 9.84. The van der Waals surface area contributed by atoms with Crippen LogP contribution in [0.4, 0.5) is 13.2 Å². The van der Waals surface area contributed by atoms with Crippen LogP contribution in [0, 0.1) is 23.7 Å². The van der Waals surface area contributed by atoms with Crippen molar-refractivity contribution in [3.63, 3.8) is 0 Å². The third-order valence-electron chi connectivity index (χ3n) is 18.7. The van der Waals surface area contributed by atoms with Gasteiger partial charge < -0.3 is 55.6 Å². The first-order valence-electron chi connectivity index (χ1n) is 33.1. The van der Waals surface area contributed by atoms with E-state index in [1.54, 1.807) is 20.8 Å². The van der Waals surface area contributed by atoms with Crippen LogP contribution in [0.3, 0.4) is 0 Å². The molecule has 4 N–H and O–H groups in total. The molecule has 2 aliphatic carbocycles. The Kier molecular flexibility index (Phi) is 29.5. The normalized spacial score (nSPS) is 25.9. The number of nitrogens with one attached hydrogen (secondary N) is 4. The average molecular weight is 1320 g/mol. The van der Waals surface area contributed by atoms with Crippen molar-refractivity contribution in [1.82, 2.24) is 55.6 Å². The number of alkyl halides is 3. The molecule has 4 fully saturated rings. The summed E-state index contributed by atoms with van der Waals surface area (Å²) in [6, 6.07) is -3.93. The molecule has 2 saturated heterocycles. The molecule has 5 rings (SSSR count). The highest BCUT2D eigenvalue weighted by molar-refractivity contribution is 6.31. The van der Waals surface area contributed by atoms with E-state index in [0.717, 1.165) is 86.1 Å². The Hall–Kier alpha value is -6.53. The van der Waals surface area contributed by atoms with Gasteiger partial charge in [0.1, 0.15) is 36.3 Å². The Morgan fingerprint density at radius 1 is 0.576 bits per heavy atom. The van der Waals surface area contributed by atoms with Gasteiger partial charge in [-0.05, 0) is 106 Å². The molecule has 0 radical (unpaired) electrons. The lowest BCUT2D eigenvalue weighted by molar-refractivity contribution is -0.148. The van der Waals surface area contributed by atoms with Gasteiger partial charge in [0.2, 0.25) is 65.0 Å². The van der Waals surface area contributed by atoms with Gasteiger partial charge in [-0.2, -0.15) is 13.2 Å². The third-order valence-corrected chi connectivity index (χ3v) is 19.0. The Bertz CT molecular complexity index is 2740. The summed E-state index contributed by atoms with van der Waals surface area (Å²) in [5.41, 5.74) is -0.712. The number of carbonyl (C=O) groups is 11. The van der Waals surface area contributed by atoms with Crippen LogP contribution in [0.25, 0.3) is 0 Å². The molecule has 4 aliphatic rings. The molecule has 22 nitrogen and oxygen atoms in total. The van der Waals surface area contributed by atoms with Gasteiger partial charge in [-0.1, -0.05) is 110 Å². The molecule has 1 aromatic rings. The van der Waals surface area contributed by atoms with Gasteiger partial charge in [-0.15, -0.1) is 0 Å². The Morgan fingerprint density at radius 3 is 1.77 bits per heavy atom. The van der Waals surface area contributed by atoms with Crippen LogP contribution in [0.15, 0.2) is 18.2 Å². The molecule has 2 heterocycles. The minimum atomic E-state index is -4.72. The first kappa shape index (κ1) is 76.2. The largest absolute Gasteiger partial charge is 0.417 e. The van der Waals surface area contributed by atoms with Crippen molar-refractivity contribution in [2.45, 2.75) is 218 Å². The standard InChI is InChI=1S/C66H103ClF3N11O11/c1-41(2)33-52-61(88)74-50(36-44-21-14-12-15-22-44)63(90)77(8)39-57(85)75(6)40-58(86)79(10)53(37-45-23-16-13-17-24-45)65(92)76(7)38-54(82)73-49(30-28-46-27-29-47(48(67)35-46)66(68,69)70)64(91)81-32-20-25-51(81)60(87)71-31-19-18-26-55(83)80(11)59(42(3)4)62(89)72-43(5)34-56(84)78(52)9/h27,29,35,41-45,49-53,59H,12-26,28,30-34,36-40H2,1-11H3,(H,71,87)(H,72,89)(H,73,82)(H,74,88)/t43-,49+,50+,51+,52+,53+,59+/m1/s1. The minimum Gasteiger partial charge on any atom is -0.354 e. The molecule has 7 atom stereocenters. The van der Waals surface area contributed by atoms with E-state index in [0.29, 0.717) is 24.8 Å². The van der Waals surface area contributed by atoms with E-state index in [1.807, 2.05) is 13.8 Å². The summed E-state index contributed by atoms with van der Waals surface area (Å²) in [4.78, 5) is 166. The second-order valence-corrected chi connectivity index (χ2v) is 27.5. The predicted octanol–water partition coefficient (Wildman–Crippen LogP) is 5.95. The Balaban J connectivity index is 1.45. The van der Waals surface area contributed by atoms with Crippen LogP contribution in [0.2, 0.25) is 5.02 Å². The maximum atomic E-state index is 14.7. The zero-order chi connectivity index (χ0) is 68.3. The molecule has 0 bridgehead atoms. The molecule has 0 unspecified atom stereocenters. The number of halogens is 4. The fourth-order valence-electron chi connectivity index (χ4n) is 13.3. The van der Waals surface area contributed by atoms with E-state index in [1.165, 1.54) is 72.9 Å². The number of nitrogens with zero attached hydrogens (tertiary/aromatic N) is 7. The molecule has 2 aliphatic heterocycles. The predicted molar refractivity (Wildman–Crippen MR) is 342 cm³/mol. The molecule has 1 aromatic carbocycles. The number of hydrogen-bond acceptors (Lipinski definition) is 11. The first-order valence-corrected chi connectivity index (χ1v) is 33.5. The number of amides is 11. The zero-order valence-corrected chi connectivity index (χ0v) is 56.9. The Morgan fingerprint density at radius 2 is 1.17 bits per heavy atom. The van der Waals surface area contributed by atoms with Gasteiger partial charge in [0.05, 0.1) is 30.2 Å². The Labute approximate surface area is 546 Å². The summed E-state index contributed by atoms with van der Waals surface area (Å²) in [5.74, 6) is -6.33. The lowest BCUT2D eigenvalue weighted by Gasteiger charge is -2.35. The van der Waals surface area contributed by atoms with Gasteiger partial charge >= 0.3 is 6.18 Å². The van der Waals surface area contributed by atoms with Crippen LogP contribution in [0.1, 0.15) is 174 Å². The van der Waals surface area contributed by atoms with Gasteiger partial charge in [0.25, 0.3) is 0 Å². The van der Waals surface area contributed by atoms with Crippen LogP contribution >= 0.6 is 11.6 Å². The fourth-order valence-corrected chi connectivity index (χ4v) is 13.6. The van der Waals surface area contributed by atoms with Crippen LogP contribution in [0.5, 0.6) is 0 Å². The number of hydrogen-bond donors (Lipinski definition) is 4. The van der Waals surface area contributed by atoms with Crippen LogP contribution in [-0.2, 0) is 65.3 Å². The number of carbonyl (C=O) groups excluding carboxylic acids is 11. The summed E-state index contributed by atoms with van der Waals surface area (Å²) >= 11 is 6.08. The second kappa shape index (κ2) is 35.7. The number of fused-ring (bicyclic) bond motifs is 1. The molecule has 2 saturated carbocycles. The van der Waals surface area contributed by atoms with E-state index in [4.69, 9.17) is 11.6 Å². The highest BCUT2D eigenvalue weighted by atomic mass is 35.5. The molecule has 0 spiro atoms. The van der Waals surface area contributed by atoms with Crippen molar-refractivity contribution >= 4 is 76.6 Å². The van der Waals surface area contributed by atoms with E-state index >= 15 is 0 Å². The molecular weight excluding hydrogens is 1220 g/mol. The number of benzene rings is 1. The van der Waals surface area contributed by atoms with E-state index in [2.05, 4.69) is 21.3 Å². The maximum Gasteiger partial charge on any atom is 0.417 e. The summed E-state index contributed by atoms with van der Waals surface area (Å²) in [5, 5.41) is 10.9. The molecule has 92 heavy (non-hydrogen) atoms. The van der Waals surface area contributed by atoms with E-state index in [9.17, 15) is 65.9 Å². The SMILES string of the molecule is CC(C)C[C@H]1C(=O)N[C@@H](CC2CCCCC2)C(=O)N(C)CC(=O)N(C)CC(=O)N(C)[C@@H](CC2CCCCC2)C(=O)N(C)CC(=O)N[C@@H](CCc2ccc(C(F)(F)F)c(Cl)c2)C(=O)N2CCC[C@H]2C(=O)NCCCCC(=O)N(C)[C@@H](C(C)C)C(=O)N[C@H](C)CC(=O)N1C. The van der Waals surface area contributed by atoms with E-state index in [-0.39, 0.29) is 94.0 Å². The molecule has 26 heteroatoms. The number of likely N-dealkylation sites (N-methyl/N-ethyl adjacent to an activating group) is 6. The highest BCUT2D eigenvalue weighted by Gasteiger charge is 2.41. The average Bonchev–Trinajstić information content (AvgIpc) is 2.02. The van der Waals surface area contributed by atoms with Gasteiger partial charge in [0, 0.05) is 74.3 Å². The number of rotatable bonds is 10. The molecule has 516 valence electrons. The van der Waals surface area contributed by atoms with Gasteiger partial charge in [-0.3, -0.25) is 52.7 Å². The number of aryl methyl sites for hydroxylation is 1. The third kappa shape index (κ3) is 22.3. The minimum absolute atomic E-state index is 0.0240. The van der Waals surface area contributed by atoms with Crippen LogP contribution in [-0.4, -0.2) is 217 Å². The monoisotopic (exact) mass is 1320 g/mol. The smallest absolute Gasteiger partial charge is 0.354 e. The molecule has 11 amide bonds. The van der Waals surface area contributed by atoms with Crippen molar-refractivity contribution in [1.29, 1.82) is 0 Å². The van der Waals surface area contributed by atoms with Crippen molar-refractivity contribution < 1.29 is 65.9 Å². The quantitative estimate of drug-likeness (QED) is 0.213. The topological polar surface area (TPSA) is 259 Å². The van der Waals surface area contributed by atoms with Crippen molar-refractivity contribution in [3.05, 3.63) is 34.3 Å². The van der Waals surface area contributed by atoms with Gasteiger partial charge in [-0.25, -0.2) is 0 Å². The fraction of sp³-hybridized carbons (Fsp3) is 0.742. The summed E-state index contributed by atoms with van der Waals surface area (Å²) in [6.07, 6.45) is 6.15.